The van der Waals surface area contributed by atoms with E-state index in [0.29, 0.717) is 32.1 Å². The maximum absolute atomic E-state index is 13.1. The number of furan rings is 1. The Morgan fingerprint density at radius 3 is 2.81 bits per heavy atom. The predicted molar refractivity (Wildman–Crippen MR) is 102 cm³/mol. The molecule has 3 aromatic rings. The average molecular weight is 371 g/mol. The lowest BCUT2D eigenvalue weighted by molar-refractivity contribution is 0.0706. The molecule has 0 bridgehead atoms. The molecule has 1 aromatic carbocycles. The highest BCUT2D eigenvalue weighted by atomic mass is 32.1. The number of anilines is 1. The second-order valence-corrected chi connectivity index (χ2v) is 7.01. The van der Waals surface area contributed by atoms with Gasteiger partial charge in [-0.25, -0.2) is 4.98 Å². The van der Waals surface area contributed by atoms with Crippen molar-refractivity contribution in [2.75, 3.05) is 37.7 Å². The summed E-state index contributed by atoms with van der Waals surface area (Å²) in [5.41, 5.74) is 1.57. The van der Waals surface area contributed by atoms with E-state index in [1.165, 1.54) is 0 Å². The van der Waals surface area contributed by atoms with E-state index >= 15 is 0 Å². The molecule has 3 heterocycles. The van der Waals surface area contributed by atoms with Gasteiger partial charge in [-0.15, -0.1) is 11.3 Å². The number of aromatic nitrogens is 1. The van der Waals surface area contributed by atoms with Crippen LogP contribution in [0.1, 0.15) is 23.0 Å². The number of fused-ring (bicyclic) bond motifs is 1. The lowest BCUT2D eigenvalue weighted by Crippen LogP contribution is -2.48. The Bertz CT molecular complexity index is 883. The number of hydrogen-bond acceptors (Lipinski definition) is 6. The minimum Gasteiger partial charge on any atom is -0.451 e. The summed E-state index contributed by atoms with van der Waals surface area (Å²) in [6, 6.07) is 7.73. The van der Waals surface area contributed by atoms with Gasteiger partial charge in [0.05, 0.1) is 6.61 Å². The van der Waals surface area contributed by atoms with Gasteiger partial charge in [0.1, 0.15) is 5.58 Å². The second-order valence-electron chi connectivity index (χ2n) is 6.14. The third kappa shape index (κ3) is 3.20. The number of benzene rings is 1. The van der Waals surface area contributed by atoms with Crippen LogP contribution in [0.4, 0.5) is 5.13 Å². The summed E-state index contributed by atoms with van der Waals surface area (Å²) in [7, 11) is 0. The van der Waals surface area contributed by atoms with Crippen LogP contribution in [0.15, 0.2) is 40.3 Å². The van der Waals surface area contributed by atoms with Crippen LogP contribution in [0, 0.1) is 0 Å². The molecule has 1 aliphatic rings. The first kappa shape index (κ1) is 17.1. The van der Waals surface area contributed by atoms with Gasteiger partial charge in [-0.1, -0.05) is 18.2 Å². The standard InChI is InChI=1S/C19H21N3O3S/c1-2-24-13-15-14-5-3-4-6-16(14)25-17(15)18(23)21-8-10-22(11-9-21)19-20-7-12-26-19/h3-7,12H,2,8-11,13H2,1H3. The molecule has 4 rings (SSSR count). The fourth-order valence-corrected chi connectivity index (χ4v) is 3.93. The normalized spacial score (nSPS) is 15.0. The number of ether oxygens (including phenoxy) is 1. The van der Waals surface area contributed by atoms with Crippen LogP contribution in [0.5, 0.6) is 0 Å². The molecule has 0 aliphatic carbocycles. The molecule has 0 saturated carbocycles. The molecule has 7 heteroatoms. The summed E-state index contributed by atoms with van der Waals surface area (Å²) in [5.74, 6) is 0.344. The average Bonchev–Trinajstić information content (AvgIpc) is 3.34. The molecule has 1 fully saturated rings. The number of amides is 1. The van der Waals surface area contributed by atoms with Crippen molar-refractivity contribution < 1.29 is 13.9 Å². The Morgan fingerprint density at radius 2 is 2.08 bits per heavy atom. The minimum atomic E-state index is -0.0605. The van der Waals surface area contributed by atoms with Crippen LogP contribution in [0.25, 0.3) is 11.0 Å². The summed E-state index contributed by atoms with van der Waals surface area (Å²) in [6.07, 6.45) is 1.81. The van der Waals surface area contributed by atoms with Crippen molar-refractivity contribution in [1.29, 1.82) is 0 Å². The summed E-state index contributed by atoms with van der Waals surface area (Å²) < 4.78 is 11.5. The quantitative estimate of drug-likeness (QED) is 0.688. The maximum Gasteiger partial charge on any atom is 0.290 e. The van der Waals surface area contributed by atoms with E-state index in [4.69, 9.17) is 9.15 Å². The molecule has 6 nitrogen and oxygen atoms in total. The summed E-state index contributed by atoms with van der Waals surface area (Å²) >= 11 is 1.63. The molecule has 136 valence electrons. The molecule has 0 radical (unpaired) electrons. The zero-order valence-electron chi connectivity index (χ0n) is 14.7. The maximum atomic E-state index is 13.1. The van der Waals surface area contributed by atoms with Gasteiger partial charge >= 0.3 is 0 Å². The molecular formula is C19H21N3O3S. The first-order chi connectivity index (χ1) is 12.8. The molecule has 1 amide bonds. The van der Waals surface area contributed by atoms with Crippen molar-refractivity contribution >= 4 is 33.3 Å². The van der Waals surface area contributed by atoms with Crippen LogP contribution in [0.3, 0.4) is 0 Å². The monoisotopic (exact) mass is 371 g/mol. The van der Waals surface area contributed by atoms with E-state index in [1.807, 2.05) is 47.7 Å². The van der Waals surface area contributed by atoms with Crippen molar-refractivity contribution in [1.82, 2.24) is 9.88 Å². The number of carbonyl (C=O) groups is 1. The third-order valence-electron chi connectivity index (χ3n) is 4.60. The van der Waals surface area contributed by atoms with Crippen molar-refractivity contribution in [2.45, 2.75) is 13.5 Å². The first-order valence-electron chi connectivity index (χ1n) is 8.79. The Labute approximate surface area is 156 Å². The molecule has 1 saturated heterocycles. The van der Waals surface area contributed by atoms with E-state index in [0.717, 1.165) is 34.8 Å². The Hall–Kier alpha value is -2.38. The number of hydrogen-bond donors (Lipinski definition) is 0. The van der Waals surface area contributed by atoms with Gasteiger partial charge in [0.15, 0.2) is 10.9 Å². The minimum absolute atomic E-state index is 0.0605. The van der Waals surface area contributed by atoms with E-state index < -0.39 is 0 Å². The van der Waals surface area contributed by atoms with Gasteiger partial charge in [-0.05, 0) is 13.0 Å². The number of piperazine rings is 1. The smallest absolute Gasteiger partial charge is 0.290 e. The van der Waals surface area contributed by atoms with E-state index in [1.54, 1.807) is 11.3 Å². The van der Waals surface area contributed by atoms with Gasteiger partial charge < -0.3 is 19.0 Å². The van der Waals surface area contributed by atoms with E-state index in [-0.39, 0.29) is 5.91 Å². The molecule has 0 unspecified atom stereocenters. The van der Waals surface area contributed by atoms with Gasteiger partial charge in [0.25, 0.3) is 5.91 Å². The van der Waals surface area contributed by atoms with E-state index in [9.17, 15) is 4.79 Å². The highest BCUT2D eigenvalue weighted by molar-refractivity contribution is 7.13. The molecule has 0 N–H and O–H groups in total. The van der Waals surface area contributed by atoms with Crippen molar-refractivity contribution in [3.63, 3.8) is 0 Å². The fraction of sp³-hybridized carbons (Fsp3) is 0.368. The zero-order chi connectivity index (χ0) is 17.9. The number of thiazole rings is 1. The molecule has 2 aromatic heterocycles. The Balaban J connectivity index is 1.54. The molecular weight excluding hydrogens is 350 g/mol. The lowest BCUT2D eigenvalue weighted by Gasteiger charge is -2.34. The molecule has 0 atom stereocenters. The summed E-state index contributed by atoms with van der Waals surface area (Å²) in [4.78, 5) is 21.5. The number of nitrogens with zero attached hydrogens (tertiary/aromatic N) is 3. The van der Waals surface area contributed by atoms with Crippen LogP contribution >= 0.6 is 11.3 Å². The SMILES string of the molecule is CCOCc1c(C(=O)N2CCN(c3nccs3)CC2)oc2ccccc12. The third-order valence-corrected chi connectivity index (χ3v) is 5.43. The highest BCUT2D eigenvalue weighted by Crippen LogP contribution is 2.28. The predicted octanol–water partition coefficient (Wildman–Crippen LogP) is 3.39. The molecule has 26 heavy (non-hydrogen) atoms. The summed E-state index contributed by atoms with van der Waals surface area (Å²) in [6.45, 7) is 5.79. The van der Waals surface area contributed by atoms with Crippen LogP contribution in [0.2, 0.25) is 0 Å². The van der Waals surface area contributed by atoms with Crippen molar-refractivity contribution in [2.24, 2.45) is 0 Å². The number of para-hydroxylation sites is 1. The lowest BCUT2D eigenvalue weighted by atomic mass is 10.1. The summed E-state index contributed by atoms with van der Waals surface area (Å²) in [5, 5.41) is 3.94. The topological polar surface area (TPSA) is 58.8 Å². The van der Waals surface area contributed by atoms with Crippen molar-refractivity contribution in [3.05, 3.63) is 47.2 Å². The zero-order valence-corrected chi connectivity index (χ0v) is 15.5. The first-order valence-corrected chi connectivity index (χ1v) is 9.67. The van der Waals surface area contributed by atoms with Crippen molar-refractivity contribution in [3.8, 4) is 0 Å². The van der Waals surface area contributed by atoms with Gasteiger partial charge in [-0.2, -0.15) is 0 Å². The second kappa shape index (κ2) is 7.47. The molecule has 0 spiro atoms. The van der Waals surface area contributed by atoms with Gasteiger partial charge in [-0.3, -0.25) is 4.79 Å². The molecule has 1 aliphatic heterocycles. The van der Waals surface area contributed by atoms with Gasteiger partial charge in [0, 0.05) is 55.3 Å². The number of rotatable bonds is 5. The van der Waals surface area contributed by atoms with Gasteiger partial charge in [0.2, 0.25) is 0 Å². The Kier molecular flexibility index (Phi) is 4.90. The Morgan fingerprint density at radius 1 is 1.27 bits per heavy atom. The largest absolute Gasteiger partial charge is 0.451 e. The van der Waals surface area contributed by atoms with E-state index in [2.05, 4.69) is 9.88 Å². The van der Waals surface area contributed by atoms with Crippen LogP contribution < -0.4 is 4.90 Å². The highest BCUT2D eigenvalue weighted by Gasteiger charge is 2.28. The van der Waals surface area contributed by atoms with Crippen LogP contribution in [-0.2, 0) is 11.3 Å². The number of carbonyl (C=O) groups excluding carboxylic acids is 1. The van der Waals surface area contributed by atoms with Crippen LogP contribution in [-0.4, -0.2) is 48.6 Å². The fourth-order valence-electron chi connectivity index (χ4n) is 3.24.